The molecule has 0 unspecified atom stereocenters. The van der Waals surface area contributed by atoms with E-state index in [4.69, 9.17) is 0 Å². The lowest BCUT2D eigenvalue weighted by molar-refractivity contribution is 0.0955. The van der Waals surface area contributed by atoms with Crippen LogP contribution in [-0.4, -0.2) is 22.1 Å². The predicted octanol–water partition coefficient (Wildman–Crippen LogP) is 4.21. The highest BCUT2D eigenvalue weighted by Crippen LogP contribution is 2.20. The average Bonchev–Trinajstić information content (AvgIpc) is 3.13. The minimum atomic E-state index is -0.228. The third kappa shape index (κ3) is 5.24. The second-order valence-corrected chi connectivity index (χ2v) is 7.40. The maximum atomic E-state index is 12.1. The lowest BCUT2D eigenvalue weighted by Crippen LogP contribution is -2.17. The first-order chi connectivity index (χ1) is 12.6. The maximum Gasteiger partial charge on any atom is 0.271 e. The summed E-state index contributed by atoms with van der Waals surface area (Å²) in [5, 5.41) is 8.66. The van der Waals surface area contributed by atoms with Crippen LogP contribution in [0.4, 0.5) is 0 Å². The second kappa shape index (κ2) is 8.73. The van der Waals surface area contributed by atoms with Crippen LogP contribution in [0.2, 0.25) is 0 Å². The predicted molar refractivity (Wildman–Crippen MR) is 107 cm³/mol. The molecule has 1 N–H and O–H groups in total. The number of thioether (sulfide) groups is 1. The Morgan fingerprint density at radius 2 is 1.92 bits per heavy atom. The number of amides is 1. The topological polar surface area (TPSA) is 67.2 Å². The summed E-state index contributed by atoms with van der Waals surface area (Å²) < 4.78 is 0. The number of benzene rings is 1. The molecule has 0 saturated heterocycles. The van der Waals surface area contributed by atoms with Crippen LogP contribution in [-0.2, 0) is 5.75 Å². The van der Waals surface area contributed by atoms with Crippen molar-refractivity contribution in [2.24, 2.45) is 5.10 Å². The van der Waals surface area contributed by atoms with Crippen molar-refractivity contribution in [3.63, 3.8) is 0 Å². The number of carbonyl (C=O) groups is 1. The number of nitrogens with one attached hydrogen (secondary N) is 1. The van der Waals surface area contributed by atoms with Gasteiger partial charge < -0.3 is 0 Å². The minimum absolute atomic E-state index is 0.228. The van der Waals surface area contributed by atoms with Crippen LogP contribution >= 0.6 is 23.1 Å². The van der Waals surface area contributed by atoms with E-state index in [-0.39, 0.29) is 5.91 Å². The normalized spacial score (nSPS) is 11.0. The number of nitrogens with zero attached hydrogens (tertiary/aromatic N) is 3. The van der Waals surface area contributed by atoms with Crippen molar-refractivity contribution in [3.05, 3.63) is 75.2 Å². The molecule has 0 saturated carbocycles. The third-order valence-electron chi connectivity index (χ3n) is 3.47. The van der Waals surface area contributed by atoms with Gasteiger partial charge in [-0.2, -0.15) is 16.4 Å². The molecule has 0 fully saturated rings. The van der Waals surface area contributed by atoms with Crippen LogP contribution in [0.3, 0.4) is 0 Å². The number of hydrogen-bond donors (Lipinski definition) is 1. The molecule has 2 heterocycles. The monoisotopic (exact) mass is 382 g/mol. The zero-order valence-corrected chi connectivity index (χ0v) is 16.1. The molecule has 0 aliphatic rings. The van der Waals surface area contributed by atoms with E-state index in [0.29, 0.717) is 5.56 Å². The van der Waals surface area contributed by atoms with Gasteiger partial charge in [-0.25, -0.2) is 15.4 Å². The van der Waals surface area contributed by atoms with E-state index in [2.05, 4.69) is 20.5 Å². The fourth-order valence-electron chi connectivity index (χ4n) is 2.24. The molecule has 0 atom stereocenters. The number of hydrogen-bond acceptors (Lipinski definition) is 6. The van der Waals surface area contributed by atoms with Crippen LogP contribution < -0.4 is 5.43 Å². The van der Waals surface area contributed by atoms with Gasteiger partial charge in [-0.05, 0) is 54.4 Å². The Kier molecular flexibility index (Phi) is 6.14. The molecular weight excluding hydrogens is 364 g/mol. The number of carbonyl (C=O) groups excluding carboxylic acids is 1. The lowest BCUT2D eigenvalue weighted by atomic mass is 10.1. The van der Waals surface area contributed by atoms with Gasteiger partial charge in [-0.1, -0.05) is 23.9 Å². The van der Waals surface area contributed by atoms with Gasteiger partial charge in [-0.15, -0.1) is 0 Å². The van der Waals surface area contributed by atoms with Crippen LogP contribution in [0, 0.1) is 13.8 Å². The van der Waals surface area contributed by atoms with E-state index in [1.807, 2.05) is 48.9 Å². The molecule has 0 spiro atoms. The quantitative estimate of drug-likeness (QED) is 0.300. The molecule has 3 rings (SSSR count). The average molecular weight is 383 g/mol. The molecule has 1 aromatic carbocycles. The molecule has 3 aromatic rings. The van der Waals surface area contributed by atoms with Gasteiger partial charge in [0, 0.05) is 28.3 Å². The number of thiophene rings is 1. The Morgan fingerprint density at radius 1 is 1.19 bits per heavy atom. The molecule has 1 amide bonds. The Labute approximate surface area is 160 Å². The summed E-state index contributed by atoms with van der Waals surface area (Å²) in [6, 6.07) is 11.4. The fourth-order valence-corrected chi connectivity index (χ4v) is 3.75. The van der Waals surface area contributed by atoms with Crippen molar-refractivity contribution in [2.75, 3.05) is 0 Å². The Hall–Kier alpha value is -2.51. The number of hydrazone groups is 1. The van der Waals surface area contributed by atoms with Crippen LogP contribution in [0.25, 0.3) is 0 Å². The van der Waals surface area contributed by atoms with Gasteiger partial charge in [0.15, 0.2) is 5.16 Å². The molecule has 2 aromatic heterocycles. The van der Waals surface area contributed by atoms with Crippen LogP contribution in [0.1, 0.15) is 32.9 Å². The molecule has 26 heavy (non-hydrogen) atoms. The van der Waals surface area contributed by atoms with E-state index in [1.54, 1.807) is 41.4 Å². The largest absolute Gasteiger partial charge is 0.271 e. The highest BCUT2D eigenvalue weighted by atomic mass is 32.2. The van der Waals surface area contributed by atoms with Crippen molar-refractivity contribution in [1.82, 2.24) is 15.4 Å². The standard InChI is InChI=1S/C19H18N4OS2/c1-13-9-14(2)22-19(21-13)26-12-15-3-5-17(6-4-15)18(24)23-20-10-16-7-8-25-11-16/h3-11H,12H2,1-2H3,(H,23,24)/b20-10-. The van der Waals surface area contributed by atoms with Gasteiger partial charge in [-0.3, -0.25) is 4.79 Å². The third-order valence-corrected chi connectivity index (χ3v) is 5.09. The summed E-state index contributed by atoms with van der Waals surface area (Å²) in [7, 11) is 0. The van der Waals surface area contributed by atoms with E-state index in [0.717, 1.165) is 33.4 Å². The van der Waals surface area contributed by atoms with Crippen molar-refractivity contribution >= 4 is 35.2 Å². The van der Waals surface area contributed by atoms with Crippen molar-refractivity contribution < 1.29 is 4.79 Å². The van der Waals surface area contributed by atoms with Crippen molar-refractivity contribution in [1.29, 1.82) is 0 Å². The van der Waals surface area contributed by atoms with Gasteiger partial charge in [0.1, 0.15) is 0 Å². The Morgan fingerprint density at radius 3 is 2.58 bits per heavy atom. The Bertz CT molecular complexity index is 886. The number of rotatable bonds is 6. The molecular formula is C19H18N4OS2. The first-order valence-electron chi connectivity index (χ1n) is 8.00. The second-order valence-electron chi connectivity index (χ2n) is 5.67. The number of aromatic nitrogens is 2. The van der Waals surface area contributed by atoms with E-state index < -0.39 is 0 Å². The summed E-state index contributed by atoms with van der Waals surface area (Å²) in [6.07, 6.45) is 1.63. The maximum absolute atomic E-state index is 12.1. The first kappa shape index (κ1) is 18.3. The summed E-state index contributed by atoms with van der Waals surface area (Å²) >= 11 is 3.17. The van der Waals surface area contributed by atoms with Crippen LogP contribution in [0.15, 0.2) is 57.4 Å². The van der Waals surface area contributed by atoms with Gasteiger partial charge in [0.05, 0.1) is 6.21 Å². The highest BCUT2D eigenvalue weighted by molar-refractivity contribution is 7.98. The van der Waals surface area contributed by atoms with Crippen molar-refractivity contribution in [2.45, 2.75) is 24.8 Å². The van der Waals surface area contributed by atoms with Gasteiger partial charge in [0.25, 0.3) is 5.91 Å². The van der Waals surface area contributed by atoms with E-state index in [1.165, 1.54) is 0 Å². The SMILES string of the molecule is Cc1cc(C)nc(SCc2ccc(C(=O)N/N=C\c3ccsc3)cc2)n1. The Balaban J connectivity index is 1.55. The molecule has 0 aliphatic heterocycles. The van der Waals surface area contributed by atoms with E-state index >= 15 is 0 Å². The van der Waals surface area contributed by atoms with E-state index in [9.17, 15) is 4.79 Å². The molecule has 0 aliphatic carbocycles. The number of aryl methyl sites for hydroxylation is 2. The molecule has 7 heteroatoms. The zero-order valence-electron chi connectivity index (χ0n) is 14.5. The molecule has 0 radical (unpaired) electrons. The highest BCUT2D eigenvalue weighted by Gasteiger charge is 2.05. The van der Waals surface area contributed by atoms with Crippen molar-refractivity contribution in [3.8, 4) is 0 Å². The molecule has 0 bridgehead atoms. The van der Waals surface area contributed by atoms with Gasteiger partial charge in [0.2, 0.25) is 0 Å². The summed E-state index contributed by atoms with van der Waals surface area (Å²) in [4.78, 5) is 20.9. The van der Waals surface area contributed by atoms with Gasteiger partial charge >= 0.3 is 0 Å². The lowest BCUT2D eigenvalue weighted by Gasteiger charge is -2.04. The summed E-state index contributed by atoms with van der Waals surface area (Å²) in [5.41, 5.74) is 7.12. The summed E-state index contributed by atoms with van der Waals surface area (Å²) in [5.74, 6) is 0.523. The molecule has 5 nitrogen and oxygen atoms in total. The molecule has 132 valence electrons. The minimum Gasteiger partial charge on any atom is -0.267 e. The summed E-state index contributed by atoms with van der Waals surface area (Å²) in [6.45, 7) is 3.93. The van der Waals surface area contributed by atoms with Crippen LogP contribution in [0.5, 0.6) is 0 Å². The fraction of sp³-hybridized carbons (Fsp3) is 0.158. The smallest absolute Gasteiger partial charge is 0.267 e. The first-order valence-corrected chi connectivity index (χ1v) is 9.92. The zero-order chi connectivity index (χ0) is 18.4.